The molecule has 2 rings (SSSR count). The maximum Gasteiger partial charge on any atom is 0.118 e. The third kappa shape index (κ3) is 3.55. The first-order valence-electron chi connectivity index (χ1n) is 7.00. The Hall–Kier alpha value is -0.410. The van der Waals surface area contributed by atoms with Crippen LogP contribution in [0, 0.1) is 11.8 Å². The van der Waals surface area contributed by atoms with Gasteiger partial charge in [-0.2, -0.15) is 11.8 Å². The van der Waals surface area contributed by atoms with Crippen LogP contribution in [0.15, 0.2) is 16.5 Å². The average Bonchev–Trinajstić information content (AvgIpc) is 2.79. The van der Waals surface area contributed by atoms with E-state index in [0.717, 1.165) is 35.7 Å². The summed E-state index contributed by atoms with van der Waals surface area (Å²) < 4.78 is 5.79. The van der Waals surface area contributed by atoms with Crippen LogP contribution in [0.25, 0.3) is 0 Å². The lowest BCUT2D eigenvalue weighted by atomic mass is 9.78. The van der Waals surface area contributed by atoms with Gasteiger partial charge in [-0.3, -0.25) is 0 Å². The van der Waals surface area contributed by atoms with Crippen LogP contribution < -0.4 is 5.32 Å². The van der Waals surface area contributed by atoms with Crippen molar-refractivity contribution < 1.29 is 4.42 Å². The molecule has 0 radical (unpaired) electrons. The van der Waals surface area contributed by atoms with Gasteiger partial charge in [-0.1, -0.05) is 26.7 Å². The van der Waals surface area contributed by atoms with E-state index in [1.807, 2.05) is 0 Å². The summed E-state index contributed by atoms with van der Waals surface area (Å²) in [6.45, 7) is 5.63. The summed E-state index contributed by atoms with van der Waals surface area (Å²) in [7, 11) is 0. The zero-order chi connectivity index (χ0) is 13.0. The SMILES string of the molecule is CSCc1ccc(CNC2CCCC(C)C2C)o1. The van der Waals surface area contributed by atoms with Crippen LogP contribution in [-0.4, -0.2) is 12.3 Å². The molecule has 1 fully saturated rings. The predicted octanol–water partition coefficient (Wildman–Crippen LogP) is 4.06. The standard InChI is InChI=1S/C15H25NOS/c1-11-5-4-6-15(12(11)2)16-9-13-7-8-14(17-13)10-18-3/h7-8,11-12,15-16H,4-6,9-10H2,1-3H3. The second-order valence-electron chi connectivity index (χ2n) is 5.56. The fraction of sp³-hybridized carbons (Fsp3) is 0.733. The van der Waals surface area contributed by atoms with Crippen LogP contribution in [0.2, 0.25) is 0 Å². The molecule has 0 aliphatic heterocycles. The van der Waals surface area contributed by atoms with Crippen LogP contribution >= 0.6 is 11.8 Å². The first-order chi connectivity index (χ1) is 8.70. The van der Waals surface area contributed by atoms with E-state index in [-0.39, 0.29) is 0 Å². The number of hydrogen-bond acceptors (Lipinski definition) is 3. The maximum atomic E-state index is 5.79. The second-order valence-corrected chi connectivity index (χ2v) is 6.42. The number of rotatable bonds is 5. The summed E-state index contributed by atoms with van der Waals surface area (Å²) in [5, 5.41) is 3.67. The largest absolute Gasteiger partial charge is 0.464 e. The van der Waals surface area contributed by atoms with Gasteiger partial charge >= 0.3 is 0 Å². The molecule has 0 saturated heterocycles. The Morgan fingerprint density at radius 2 is 2.06 bits per heavy atom. The lowest BCUT2D eigenvalue weighted by Crippen LogP contribution is -2.40. The lowest BCUT2D eigenvalue weighted by molar-refractivity contribution is 0.202. The molecule has 1 saturated carbocycles. The molecule has 3 unspecified atom stereocenters. The highest BCUT2D eigenvalue weighted by Gasteiger charge is 2.26. The maximum absolute atomic E-state index is 5.79. The Morgan fingerprint density at radius 1 is 1.28 bits per heavy atom. The van der Waals surface area contributed by atoms with Gasteiger partial charge in [0.25, 0.3) is 0 Å². The van der Waals surface area contributed by atoms with Gasteiger partial charge in [0.2, 0.25) is 0 Å². The Balaban J connectivity index is 1.82. The molecule has 0 amide bonds. The van der Waals surface area contributed by atoms with E-state index >= 15 is 0 Å². The second kappa shape index (κ2) is 6.67. The Kier molecular flexibility index (Phi) is 5.19. The molecule has 1 aromatic rings. The van der Waals surface area contributed by atoms with Crippen molar-refractivity contribution in [1.82, 2.24) is 5.32 Å². The summed E-state index contributed by atoms with van der Waals surface area (Å²) in [6.07, 6.45) is 6.16. The quantitative estimate of drug-likeness (QED) is 0.871. The molecule has 1 N–H and O–H groups in total. The summed E-state index contributed by atoms with van der Waals surface area (Å²) in [4.78, 5) is 0. The van der Waals surface area contributed by atoms with E-state index in [4.69, 9.17) is 4.42 Å². The molecule has 0 bridgehead atoms. The van der Waals surface area contributed by atoms with E-state index in [1.54, 1.807) is 11.8 Å². The molecule has 102 valence electrons. The fourth-order valence-corrected chi connectivity index (χ4v) is 3.28. The molecular weight excluding hydrogens is 242 g/mol. The van der Waals surface area contributed by atoms with Crippen LogP contribution in [0.3, 0.4) is 0 Å². The number of hydrogen-bond donors (Lipinski definition) is 1. The van der Waals surface area contributed by atoms with Gasteiger partial charge in [0, 0.05) is 6.04 Å². The number of furan rings is 1. The first kappa shape index (κ1) is 14.0. The van der Waals surface area contributed by atoms with E-state index in [1.165, 1.54) is 19.3 Å². The van der Waals surface area contributed by atoms with Crippen LogP contribution in [0.1, 0.15) is 44.6 Å². The minimum atomic E-state index is 0.655. The Bertz CT molecular complexity index is 363. The normalized spacial score (nSPS) is 28.5. The molecule has 0 spiro atoms. The van der Waals surface area contributed by atoms with Gasteiger partial charge in [0.15, 0.2) is 0 Å². The Labute approximate surface area is 115 Å². The smallest absolute Gasteiger partial charge is 0.118 e. The molecule has 3 atom stereocenters. The van der Waals surface area contributed by atoms with Crippen molar-refractivity contribution in [1.29, 1.82) is 0 Å². The van der Waals surface area contributed by atoms with E-state index in [9.17, 15) is 0 Å². The number of thioether (sulfide) groups is 1. The van der Waals surface area contributed by atoms with Crippen molar-refractivity contribution in [2.24, 2.45) is 11.8 Å². The molecule has 1 aromatic heterocycles. The molecule has 0 aromatic carbocycles. The zero-order valence-corrected chi connectivity index (χ0v) is 12.6. The molecule has 18 heavy (non-hydrogen) atoms. The molecule has 1 aliphatic carbocycles. The van der Waals surface area contributed by atoms with Crippen molar-refractivity contribution in [3.05, 3.63) is 23.7 Å². The summed E-state index contributed by atoms with van der Waals surface area (Å²) in [6, 6.07) is 4.86. The van der Waals surface area contributed by atoms with Crippen molar-refractivity contribution in [3.63, 3.8) is 0 Å². The zero-order valence-electron chi connectivity index (χ0n) is 11.7. The first-order valence-corrected chi connectivity index (χ1v) is 8.40. The molecule has 1 heterocycles. The predicted molar refractivity (Wildman–Crippen MR) is 78.7 cm³/mol. The fourth-order valence-electron chi connectivity index (χ4n) is 2.84. The van der Waals surface area contributed by atoms with Gasteiger partial charge in [-0.15, -0.1) is 0 Å². The molecule has 3 heteroatoms. The van der Waals surface area contributed by atoms with E-state index < -0.39 is 0 Å². The summed E-state index contributed by atoms with van der Waals surface area (Å²) >= 11 is 1.80. The molecular formula is C15H25NOS. The van der Waals surface area contributed by atoms with Crippen LogP contribution in [0.4, 0.5) is 0 Å². The van der Waals surface area contributed by atoms with Crippen LogP contribution in [0.5, 0.6) is 0 Å². The topological polar surface area (TPSA) is 25.2 Å². The van der Waals surface area contributed by atoms with Crippen molar-refractivity contribution in [2.45, 2.75) is 51.4 Å². The van der Waals surface area contributed by atoms with Crippen molar-refractivity contribution in [2.75, 3.05) is 6.26 Å². The Morgan fingerprint density at radius 3 is 2.83 bits per heavy atom. The monoisotopic (exact) mass is 267 g/mol. The molecule has 1 aliphatic rings. The van der Waals surface area contributed by atoms with Gasteiger partial charge in [-0.05, 0) is 36.6 Å². The van der Waals surface area contributed by atoms with Crippen molar-refractivity contribution in [3.8, 4) is 0 Å². The number of nitrogens with one attached hydrogen (secondary N) is 1. The van der Waals surface area contributed by atoms with E-state index in [0.29, 0.717) is 6.04 Å². The third-order valence-electron chi connectivity index (χ3n) is 4.25. The van der Waals surface area contributed by atoms with Gasteiger partial charge in [-0.25, -0.2) is 0 Å². The van der Waals surface area contributed by atoms with Crippen LogP contribution in [-0.2, 0) is 12.3 Å². The minimum Gasteiger partial charge on any atom is -0.464 e. The summed E-state index contributed by atoms with van der Waals surface area (Å²) in [5.74, 6) is 4.75. The average molecular weight is 267 g/mol. The van der Waals surface area contributed by atoms with Gasteiger partial charge in [0.1, 0.15) is 11.5 Å². The van der Waals surface area contributed by atoms with Crippen molar-refractivity contribution >= 4 is 11.8 Å². The summed E-state index contributed by atoms with van der Waals surface area (Å²) in [5.41, 5.74) is 0. The third-order valence-corrected chi connectivity index (χ3v) is 4.82. The highest BCUT2D eigenvalue weighted by atomic mass is 32.2. The molecule has 2 nitrogen and oxygen atoms in total. The lowest BCUT2D eigenvalue weighted by Gasteiger charge is -2.34. The van der Waals surface area contributed by atoms with Gasteiger partial charge in [0.05, 0.1) is 12.3 Å². The highest BCUT2D eigenvalue weighted by molar-refractivity contribution is 7.97. The van der Waals surface area contributed by atoms with E-state index in [2.05, 4.69) is 37.6 Å². The minimum absolute atomic E-state index is 0.655. The highest BCUT2D eigenvalue weighted by Crippen LogP contribution is 2.29. The van der Waals surface area contributed by atoms with Gasteiger partial charge < -0.3 is 9.73 Å².